The van der Waals surface area contributed by atoms with Gasteiger partial charge in [-0.05, 0) is 38.1 Å². The molecule has 0 aliphatic carbocycles. The summed E-state index contributed by atoms with van der Waals surface area (Å²) >= 11 is 3.37. The summed E-state index contributed by atoms with van der Waals surface area (Å²) in [6.07, 6.45) is -0.781. The maximum absolute atomic E-state index is 12.2. The molecule has 0 saturated carbocycles. The van der Waals surface area contributed by atoms with E-state index in [9.17, 15) is 14.4 Å². The van der Waals surface area contributed by atoms with Gasteiger partial charge in [0.05, 0.1) is 25.7 Å². The Morgan fingerprint density at radius 2 is 1.72 bits per heavy atom. The largest absolute Gasteiger partial charge is 0.450 e. The number of ether oxygens (including phenoxy) is 1. The normalized spacial score (nSPS) is 11.7. The van der Waals surface area contributed by atoms with Crippen molar-refractivity contribution in [1.82, 2.24) is 15.5 Å². The van der Waals surface area contributed by atoms with E-state index in [0.29, 0.717) is 6.54 Å². The van der Waals surface area contributed by atoms with E-state index in [1.807, 2.05) is 38.1 Å². The predicted octanol–water partition coefficient (Wildman–Crippen LogP) is 2.22. The molecule has 8 heteroatoms. The van der Waals surface area contributed by atoms with Crippen LogP contribution in [0.4, 0.5) is 4.79 Å². The second-order valence-electron chi connectivity index (χ2n) is 5.41. The Kier molecular flexibility index (Phi) is 9.15. The zero-order valence-corrected chi connectivity index (χ0v) is 16.3. The summed E-state index contributed by atoms with van der Waals surface area (Å²) in [5.74, 6) is -0.699. The molecule has 7 nitrogen and oxygen atoms in total. The Balaban J connectivity index is 2.48. The Morgan fingerprint density at radius 1 is 1.12 bits per heavy atom. The smallest absolute Gasteiger partial charge is 0.413 e. The SMILES string of the molecule is CCOC(=O)NC(=O)CN(CC)CC(=O)N[C@H](C)c1ccc(Br)cc1. The Hall–Kier alpha value is -1.93. The molecule has 2 N–H and O–H groups in total. The second kappa shape index (κ2) is 10.8. The van der Waals surface area contributed by atoms with Crippen LogP contribution in [0.25, 0.3) is 0 Å². The van der Waals surface area contributed by atoms with Crippen LogP contribution in [0.3, 0.4) is 0 Å². The van der Waals surface area contributed by atoms with Crippen molar-refractivity contribution in [1.29, 1.82) is 0 Å². The molecule has 0 bridgehead atoms. The second-order valence-corrected chi connectivity index (χ2v) is 6.33. The summed E-state index contributed by atoms with van der Waals surface area (Å²) in [4.78, 5) is 36.8. The molecule has 1 aromatic rings. The number of nitrogens with zero attached hydrogens (tertiary/aromatic N) is 1. The number of likely N-dealkylation sites (N-methyl/N-ethyl adjacent to an activating group) is 1. The third kappa shape index (κ3) is 8.13. The molecule has 3 amide bonds. The van der Waals surface area contributed by atoms with Crippen molar-refractivity contribution in [2.24, 2.45) is 0 Å². The number of alkyl carbamates (subject to hydrolysis) is 1. The van der Waals surface area contributed by atoms with E-state index < -0.39 is 12.0 Å². The standard InChI is InChI=1S/C17H24BrN3O4/c1-4-21(11-16(23)20-17(24)25-5-2)10-15(22)19-12(3)13-6-8-14(18)9-7-13/h6-9,12H,4-5,10-11H2,1-3H3,(H,19,22)(H,20,23,24)/t12-/m1/s1. The van der Waals surface area contributed by atoms with Gasteiger partial charge in [-0.3, -0.25) is 19.8 Å². The predicted molar refractivity (Wildman–Crippen MR) is 98.0 cm³/mol. The summed E-state index contributed by atoms with van der Waals surface area (Å²) in [6.45, 7) is 6.07. The average molecular weight is 414 g/mol. The monoisotopic (exact) mass is 413 g/mol. The highest BCUT2D eigenvalue weighted by Crippen LogP contribution is 2.16. The van der Waals surface area contributed by atoms with E-state index in [-0.39, 0.29) is 31.6 Å². The summed E-state index contributed by atoms with van der Waals surface area (Å²) in [6, 6.07) is 7.54. The molecule has 0 heterocycles. The van der Waals surface area contributed by atoms with Gasteiger partial charge in [0, 0.05) is 4.47 Å². The van der Waals surface area contributed by atoms with Crippen molar-refractivity contribution in [3.05, 3.63) is 34.3 Å². The van der Waals surface area contributed by atoms with Crippen molar-refractivity contribution < 1.29 is 19.1 Å². The fourth-order valence-corrected chi connectivity index (χ4v) is 2.39. The number of hydrogen-bond donors (Lipinski definition) is 2. The zero-order valence-electron chi connectivity index (χ0n) is 14.7. The Labute approximate surface area is 156 Å². The molecular weight excluding hydrogens is 390 g/mol. The van der Waals surface area contributed by atoms with Crippen LogP contribution >= 0.6 is 15.9 Å². The highest BCUT2D eigenvalue weighted by molar-refractivity contribution is 9.10. The maximum Gasteiger partial charge on any atom is 0.413 e. The lowest BCUT2D eigenvalue weighted by Crippen LogP contribution is -2.44. The minimum Gasteiger partial charge on any atom is -0.450 e. The number of benzene rings is 1. The highest BCUT2D eigenvalue weighted by Gasteiger charge is 2.17. The Bertz CT molecular complexity index is 592. The first-order chi connectivity index (χ1) is 11.8. The molecule has 0 saturated heterocycles. The molecule has 0 aliphatic rings. The molecule has 138 valence electrons. The van der Waals surface area contributed by atoms with E-state index in [1.54, 1.807) is 11.8 Å². The van der Waals surface area contributed by atoms with Gasteiger partial charge in [-0.25, -0.2) is 4.79 Å². The molecule has 25 heavy (non-hydrogen) atoms. The third-order valence-corrected chi connectivity index (χ3v) is 3.97. The van der Waals surface area contributed by atoms with Gasteiger partial charge in [-0.1, -0.05) is 35.0 Å². The molecule has 1 rings (SSSR count). The van der Waals surface area contributed by atoms with Gasteiger partial charge in [-0.15, -0.1) is 0 Å². The lowest BCUT2D eigenvalue weighted by Gasteiger charge is -2.21. The van der Waals surface area contributed by atoms with Crippen LogP contribution in [0.2, 0.25) is 0 Å². The van der Waals surface area contributed by atoms with Crippen molar-refractivity contribution in [3.63, 3.8) is 0 Å². The van der Waals surface area contributed by atoms with E-state index in [4.69, 9.17) is 0 Å². The minimum absolute atomic E-state index is 0.0601. The molecule has 0 radical (unpaired) electrons. The molecule has 0 aliphatic heterocycles. The van der Waals surface area contributed by atoms with Crippen LogP contribution in [0.5, 0.6) is 0 Å². The lowest BCUT2D eigenvalue weighted by molar-refractivity contribution is -0.125. The topological polar surface area (TPSA) is 87.7 Å². The first-order valence-corrected chi connectivity index (χ1v) is 8.88. The number of carbonyl (C=O) groups excluding carboxylic acids is 3. The van der Waals surface area contributed by atoms with Crippen molar-refractivity contribution in [2.75, 3.05) is 26.2 Å². The van der Waals surface area contributed by atoms with Gasteiger partial charge in [0.1, 0.15) is 0 Å². The quantitative estimate of drug-likeness (QED) is 0.681. The van der Waals surface area contributed by atoms with Gasteiger partial charge in [0.2, 0.25) is 11.8 Å². The molecular formula is C17H24BrN3O4. The number of imide groups is 1. The van der Waals surface area contributed by atoms with Gasteiger partial charge >= 0.3 is 6.09 Å². The van der Waals surface area contributed by atoms with Gasteiger partial charge in [-0.2, -0.15) is 0 Å². The summed E-state index contributed by atoms with van der Waals surface area (Å²) in [5.41, 5.74) is 0.986. The van der Waals surface area contributed by atoms with Gasteiger partial charge < -0.3 is 10.1 Å². The first kappa shape index (κ1) is 21.1. The third-order valence-electron chi connectivity index (χ3n) is 3.45. The van der Waals surface area contributed by atoms with Crippen molar-refractivity contribution in [3.8, 4) is 0 Å². The van der Waals surface area contributed by atoms with Crippen molar-refractivity contribution >= 4 is 33.8 Å². The number of carbonyl (C=O) groups is 3. The number of rotatable bonds is 8. The highest BCUT2D eigenvalue weighted by atomic mass is 79.9. The summed E-state index contributed by atoms with van der Waals surface area (Å²) in [7, 11) is 0. The van der Waals surface area contributed by atoms with Gasteiger partial charge in [0.15, 0.2) is 0 Å². The molecule has 0 spiro atoms. The first-order valence-electron chi connectivity index (χ1n) is 8.09. The zero-order chi connectivity index (χ0) is 18.8. The van der Waals surface area contributed by atoms with Crippen LogP contribution in [0, 0.1) is 0 Å². The number of nitrogens with one attached hydrogen (secondary N) is 2. The van der Waals surface area contributed by atoms with Crippen LogP contribution < -0.4 is 10.6 Å². The van der Waals surface area contributed by atoms with Crippen LogP contribution in [0.15, 0.2) is 28.7 Å². The number of hydrogen-bond acceptors (Lipinski definition) is 5. The minimum atomic E-state index is -0.781. The van der Waals surface area contributed by atoms with Crippen molar-refractivity contribution in [2.45, 2.75) is 26.8 Å². The van der Waals surface area contributed by atoms with Crippen LogP contribution in [-0.2, 0) is 14.3 Å². The van der Waals surface area contributed by atoms with E-state index >= 15 is 0 Å². The van der Waals surface area contributed by atoms with E-state index in [2.05, 4.69) is 31.3 Å². The summed E-state index contributed by atoms with van der Waals surface area (Å²) < 4.78 is 5.62. The fraction of sp³-hybridized carbons (Fsp3) is 0.471. The average Bonchev–Trinajstić information content (AvgIpc) is 2.54. The summed E-state index contributed by atoms with van der Waals surface area (Å²) in [5, 5.41) is 5.01. The fourth-order valence-electron chi connectivity index (χ4n) is 2.13. The molecule has 1 aromatic carbocycles. The molecule has 0 unspecified atom stereocenters. The van der Waals surface area contributed by atoms with Crippen LogP contribution in [0.1, 0.15) is 32.4 Å². The van der Waals surface area contributed by atoms with E-state index in [1.165, 1.54) is 0 Å². The number of amides is 3. The molecule has 0 fully saturated rings. The van der Waals surface area contributed by atoms with E-state index in [0.717, 1.165) is 10.0 Å². The molecule has 1 atom stereocenters. The van der Waals surface area contributed by atoms with Gasteiger partial charge in [0.25, 0.3) is 0 Å². The number of halogens is 1. The Morgan fingerprint density at radius 3 is 2.28 bits per heavy atom. The maximum atomic E-state index is 12.2. The lowest BCUT2D eigenvalue weighted by atomic mass is 10.1. The molecule has 0 aromatic heterocycles. The van der Waals surface area contributed by atoms with Crippen LogP contribution in [-0.4, -0.2) is 49.0 Å².